The zero-order valence-corrected chi connectivity index (χ0v) is 17.3. The highest BCUT2D eigenvalue weighted by molar-refractivity contribution is 5.85. The fourth-order valence-corrected chi connectivity index (χ4v) is 2.52. The van der Waals surface area contributed by atoms with Crippen molar-refractivity contribution in [1.29, 1.82) is 0 Å². The summed E-state index contributed by atoms with van der Waals surface area (Å²) >= 11 is 0. The van der Waals surface area contributed by atoms with Crippen molar-refractivity contribution in [2.45, 2.75) is 32.8 Å². The van der Waals surface area contributed by atoms with Crippen molar-refractivity contribution in [1.82, 2.24) is 5.32 Å². The second-order valence-electron chi connectivity index (χ2n) is 7.35. The summed E-state index contributed by atoms with van der Waals surface area (Å²) < 4.78 is 16.1. The Morgan fingerprint density at radius 2 is 1.72 bits per heavy atom. The first-order chi connectivity index (χ1) is 13.8. The van der Waals surface area contributed by atoms with Crippen LogP contribution in [-0.2, 0) is 16.0 Å². The van der Waals surface area contributed by atoms with Crippen LogP contribution in [0.25, 0.3) is 0 Å². The molecule has 0 atom stereocenters. The predicted molar refractivity (Wildman–Crippen MR) is 112 cm³/mol. The SMILES string of the molecule is COc1ccccc1OCCNC(=O)Cc1cccc(NC(=O)OC(C)(C)C)c1. The Morgan fingerprint density at radius 1 is 1.00 bits per heavy atom. The number of anilines is 1. The molecule has 7 nitrogen and oxygen atoms in total. The molecule has 2 N–H and O–H groups in total. The van der Waals surface area contributed by atoms with E-state index in [9.17, 15) is 9.59 Å². The minimum atomic E-state index is -0.576. The highest BCUT2D eigenvalue weighted by Gasteiger charge is 2.16. The molecule has 0 unspecified atom stereocenters. The largest absolute Gasteiger partial charge is 0.493 e. The number of hydrogen-bond donors (Lipinski definition) is 2. The van der Waals surface area contributed by atoms with Crippen molar-refractivity contribution in [3.8, 4) is 11.5 Å². The van der Waals surface area contributed by atoms with Crippen molar-refractivity contribution in [2.24, 2.45) is 0 Å². The lowest BCUT2D eigenvalue weighted by molar-refractivity contribution is -0.120. The maximum Gasteiger partial charge on any atom is 0.412 e. The summed E-state index contributed by atoms with van der Waals surface area (Å²) in [7, 11) is 1.58. The molecule has 0 fully saturated rings. The molecule has 7 heteroatoms. The summed E-state index contributed by atoms with van der Waals surface area (Å²) in [5.41, 5.74) is 0.777. The standard InChI is InChI=1S/C22H28N2O5/c1-22(2,3)29-21(26)24-17-9-7-8-16(14-17)15-20(25)23-12-13-28-19-11-6-5-10-18(19)27-4/h5-11,14H,12-13,15H2,1-4H3,(H,23,25)(H,24,26). The fraction of sp³-hybridized carbons (Fsp3) is 0.364. The van der Waals surface area contributed by atoms with Gasteiger partial charge < -0.3 is 19.5 Å². The molecule has 0 heterocycles. The van der Waals surface area contributed by atoms with Crippen LogP contribution in [0.15, 0.2) is 48.5 Å². The van der Waals surface area contributed by atoms with E-state index in [4.69, 9.17) is 14.2 Å². The van der Waals surface area contributed by atoms with Gasteiger partial charge in [0.2, 0.25) is 5.91 Å². The van der Waals surface area contributed by atoms with Gasteiger partial charge >= 0.3 is 6.09 Å². The third-order valence-corrected chi connectivity index (χ3v) is 3.69. The Kier molecular flexibility index (Phi) is 7.88. The monoisotopic (exact) mass is 400 g/mol. The minimum Gasteiger partial charge on any atom is -0.493 e. The summed E-state index contributed by atoms with van der Waals surface area (Å²) in [4.78, 5) is 24.0. The van der Waals surface area contributed by atoms with E-state index in [0.29, 0.717) is 30.3 Å². The van der Waals surface area contributed by atoms with E-state index in [-0.39, 0.29) is 12.3 Å². The van der Waals surface area contributed by atoms with Gasteiger partial charge in [0.25, 0.3) is 0 Å². The zero-order valence-electron chi connectivity index (χ0n) is 17.3. The Hall–Kier alpha value is -3.22. The van der Waals surface area contributed by atoms with Gasteiger partial charge in [0.05, 0.1) is 20.1 Å². The van der Waals surface area contributed by atoms with E-state index in [2.05, 4.69) is 10.6 Å². The summed E-state index contributed by atoms with van der Waals surface area (Å²) in [6, 6.07) is 14.4. The second kappa shape index (κ2) is 10.4. The van der Waals surface area contributed by atoms with Crippen LogP contribution >= 0.6 is 0 Å². The van der Waals surface area contributed by atoms with E-state index in [1.807, 2.05) is 30.3 Å². The van der Waals surface area contributed by atoms with Crippen LogP contribution < -0.4 is 20.1 Å². The van der Waals surface area contributed by atoms with E-state index in [1.54, 1.807) is 46.1 Å². The molecule has 2 aromatic carbocycles. The number of nitrogens with one attached hydrogen (secondary N) is 2. The lowest BCUT2D eigenvalue weighted by Gasteiger charge is -2.19. The maximum atomic E-state index is 12.2. The van der Waals surface area contributed by atoms with Crippen LogP contribution in [0.4, 0.5) is 10.5 Å². The molecule has 0 radical (unpaired) electrons. The maximum absolute atomic E-state index is 12.2. The summed E-state index contributed by atoms with van der Waals surface area (Å²) in [5.74, 6) is 1.14. The molecular weight excluding hydrogens is 372 g/mol. The average Bonchev–Trinajstić information content (AvgIpc) is 2.64. The highest BCUT2D eigenvalue weighted by atomic mass is 16.6. The topological polar surface area (TPSA) is 85.9 Å². The first-order valence-corrected chi connectivity index (χ1v) is 9.38. The molecule has 0 saturated carbocycles. The fourth-order valence-electron chi connectivity index (χ4n) is 2.52. The lowest BCUT2D eigenvalue weighted by Crippen LogP contribution is -2.29. The zero-order chi connectivity index (χ0) is 21.3. The van der Waals surface area contributed by atoms with E-state index < -0.39 is 11.7 Å². The number of methoxy groups -OCH3 is 1. The third-order valence-electron chi connectivity index (χ3n) is 3.69. The van der Waals surface area contributed by atoms with Gasteiger partial charge in [0, 0.05) is 5.69 Å². The third kappa shape index (κ3) is 8.13. The number of benzene rings is 2. The summed E-state index contributed by atoms with van der Waals surface area (Å²) in [5, 5.41) is 5.48. The van der Waals surface area contributed by atoms with Gasteiger partial charge in [0.15, 0.2) is 11.5 Å². The molecule has 0 aromatic heterocycles. The molecule has 2 rings (SSSR count). The van der Waals surface area contributed by atoms with Gasteiger partial charge in [-0.2, -0.15) is 0 Å². The molecule has 2 aromatic rings. The van der Waals surface area contributed by atoms with Crippen molar-refractivity contribution in [2.75, 3.05) is 25.6 Å². The molecule has 0 bridgehead atoms. The van der Waals surface area contributed by atoms with Crippen LogP contribution in [0, 0.1) is 0 Å². The molecule has 0 aliphatic heterocycles. The molecule has 2 amide bonds. The van der Waals surface area contributed by atoms with Crippen molar-refractivity contribution in [3.63, 3.8) is 0 Å². The minimum absolute atomic E-state index is 0.136. The Labute approximate surface area is 171 Å². The number of rotatable bonds is 8. The smallest absolute Gasteiger partial charge is 0.412 e. The van der Waals surface area contributed by atoms with Crippen molar-refractivity contribution < 1.29 is 23.8 Å². The summed E-state index contributed by atoms with van der Waals surface area (Å²) in [6.07, 6.45) is -0.342. The Bertz CT molecular complexity index is 830. The summed E-state index contributed by atoms with van der Waals surface area (Å²) in [6.45, 7) is 6.08. The molecule has 0 spiro atoms. The van der Waals surface area contributed by atoms with Gasteiger partial charge in [0.1, 0.15) is 12.2 Å². The highest BCUT2D eigenvalue weighted by Crippen LogP contribution is 2.25. The number of ether oxygens (including phenoxy) is 3. The number of amides is 2. The number of carbonyl (C=O) groups is 2. The van der Waals surface area contributed by atoms with E-state index in [0.717, 1.165) is 5.56 Å². The molecule has 0 saturated heterocycles. The van der Waals surface area contributed by atoms with E-state index >= 15 is 0 Å². The van der Waals surface area contributed by atoms with Gasteiger partial charge in [-0.15, -0.1) is 0 Å². The molecule has 0 aliphatic rings. The van der Waals surface area contributed by atoms with Crippen molar-refractivity contribution >= 4 is 17.7 Å². The van der Waals surface area contributed by atoms with Gasteiger partial charge in [-0.3, -0.25) is 10.1 Å². The van der Waals surface area contributed by atoms with Crippen LogP contribution in [0.5, 0.6) is 11.5 Å². The molecule has 0 aliphatic carbocycles. The van der Waals surface area contributed by atoms with Crippen LogP contribution in [0.2, 0.25) is 0 Å². The lowest BCUT2D eigenvalue weighted by atomic mass is 10.1. The Morgan fingerprint density at radius 3 is 2.41 bits per heavy atom. The average molecular weight is 400 g/mol. The normalized spacial score (nSPS) is 10.8. The van der Waals surface area contributed by atoms with Gasteiger partial charge in [-0.25, -0.2) is 4.79 Å². The van der Waals surface area contributed by atoms with E-state index in [1.165, 1.54) is 0 Å². The molecular formula is C22H28N2O5. The molecule has 29 heavy (non-hydrogen) atoms. The first kappa shape index (κ1) is 22.1. The first-order valence-electron chi connectivity index (χ1n) is 9.38. The Balaban J connectivity index is 1.78. The van der Waals surface area contributed by atoms with Crippen LogP contribution in [-0.4, -0.2) is 37.9 Å². The number of para-hydroxylation sites is 2. The van der Waals surface area contributed by atoms with Crippen molar-refractivity contribution in [3.05, 3.63) is 54.1 Å². The van der Waals surface area contributed by atoms with Gasteiger partial charge in [-0.1, -0.05) is 24.3 Å². The molecule has 156 valence electrons. The van der Waals surface area contributed by atoms with Gasteiger partial charge in [-0.05, 0) is 50.6 Å². The van der Waals surface area contributed by atoms with Crippen LogP contribution in [0.3, 0.4) is 0 Å². The van der Waals surface area contributed by atoms with Crippen LogP contribution in [0.1, 0.15) is 26.3 Å². The quantitative estimate of drug-likeness (QED) is 0.659. The number of carbonyl (C=O) groups excluding carboxylic acids is 2. The second-order valence-corrected chi connectivity index (χ2v) is 7.35. The predicted octanol–water partition coefficient (Wildman–Crippen LogP) is 3.78. The number of hydrogen-bond acceptors (Lipinski definition) is 5.